The summed E-state index contributed by atoms with van der Waals surface area (Å²) in [5, 5.41) is 12.1. The Bertz CT molecular complexity index is 725. The van der Waals surface area contributed by atoms with Gasteiger partial charge in [-0.2, -0.15) is 0 Å². The third-order valence-corrected chi connectivity index (χ3v) is 3.87. The Balaban J connectivity index is 1.95. The molecule has 0 saturated heterocycles. The number of methoxy groups -OCH3 is 1. The molecule has 0 aliphatic carbocycles. The van der Waals surface area contributed by atoms with Crippen LogP contribution in [0, 0.1) is 5.92 Å². The fraction of sp³-hybridized carbons (Fsp3) is 0.300. The molecule has 2 N–H and O–H groups in total. The van der Waals surface area contributed by atoms with Crippen molar-refractivity contribution in [3.63, 3.8) is 0 Å². The largest absolute Gasteiger partial charge is 0.497 e. The van der Waals surface area contributed by atoms with Crippen LogP contribution in [0.15, 0.2) is 48.5 Å². The normalized spacial score (nSPS) is 11.5. The van der Waals surface area contributed by atoms with E-state index < -0.39 is 11.9 Å². The molecule has 1 amide bonds. The number of ether oxygens (including phenoxy) is 2. The van der Waals surface area contributed by atoms with Crippen LogP contribution < -0.4 is 14.8 Å². The second-order valence-electron chi connectivity index (χ2n) is 5.80. The second-order valence-corrected chi connectivity index (χ2v) is 5.80. The molecule has 0 heterocycles. The number of anilines is 1. The van der Waals surface area contributed by atoms with Gasteiger partial charge in [-0.15, -0.1) is 0 Å². The summed E-state index contributed by atoms with van der Waals surface area (Å²) in [7, 11) is 1.57. The van der Waals surface area contributed by atoms with Crippen LogP contribution in [0.2, 0.25) is 0 Å². The number of carboxylic acid groups (broad SMARTS) is 1. The van der Waals surface area contributed by atoms with Crippen LogP contribution in [0.25, 0.3) is 0 Å². The van der Waals surface area contributed by atoms with Crippen LogP contribution in [0.5, 0.6) is 11.5 Å². The summed E-state index contributed by atoms with van der Waals surface area (Å²) >= 11 is 0. The first kappa shape index (κ1) is 19.3. The SMILES string of the molecule is CCOc1ccc(NC(=O)C[C@H](Cc2ccc(OC)cc2)C(=O)O)cc1. The number of hydrogen-bond acceptors (Lipinski definition) is 4. The van der Waals surface area contributed by atoms with Gasteiger partial charge in [-0.3, -0.25) is 9.59 Å². The summed E-state index contributed by atoms with van der Waals surface area (Å²) in [5.41, 5.74) is 1.44. The molecule has 0 radical (unpaired) electrons. The second kappa shape index (κ2) is 9.46. The number of hydrogen-bond donors (Lipinski definition) is 2. The van der Waals surface area contributed by atoms with Crippen molar-refractivity contribution < 1.29 is 24.2 Å². The molecule has 0 fully saturated rings. The Morgan fingerprint density at radius 3 is 2.19 bits per heavy atom. The maximum absolute atomic E-state index is 12.2. The summed E-state index contributed by atoms with van der Waals surface area (Å²) in [4.78, 5) is 23.7. The van der Waals surface area contributed by atoms with Gasteiger partial charge in [0.05, 0.1) is 19.6 Å². The third-order valence-electron chi connectivity index (χ3n) is 3.87. The lowest BCUT2D eigenvalue weighted by Crippen LogP contribution is -2.24. The molecule has 0 unspecified atom stereocenters. The highest BCUT2D eigenvalue weighted by atomic mass is 16.5. The van der Waals surface area contributed by atoms with Crippen molar-refractivity contribution in [3.8, 4) is 11.5 Å². The molecule has 0 aliphatic rings. The van der Waals surface area contributed by atoms with Crippen molar-refractivity contribution in [1.82, 2.24) is 0 Å². The Morgan fingerprint density at radius 2 is 1.65 bits per heavy atom. The fourth-order valence-corrected chi connectivity index (χ4v) is 2.53. The zero-order valence-electron chi connectivity index (χ0n) is 14.9. The lowest BCUT2D eigenvalue weighted by molar-refractivity contribution is -0.143. The highest BCUT2D eigenvalue weighted by Gasteiger charge is 2.22. The van der Waals surface area contributed by atoms with E-state index in [-0.39, 0.29) is 18.7 Å². The van der Waals surface area contributed by atoms with E-state index in [1.807, 2.05) is 6.92 Å². The third kappa shape index (κ3) is 5.81. The molecule has 0 saturated carbocycles. The quantitative estimate of drug-likeness (QED) is 0.719. The summed E-state index contributed by atoms with van der Waals surface area (Å²) in [6.45, 7) is 2.46. The first-order chi connectivity index (χ1) is 12.5. The van der Waals surface area contributed by atoms with Crippen molar-refractivity contribution in [2.24, 2.45) is 5.92 Å². The average Bonchev–Trinajstić information content (AvgIpc) is 2.63. The van der Waals surface area contributed by atoms with Crippen molar-refractivity contribution in [2.45, 2.75) is 19.8 Å². The lowest BCUT2D eigenvalue weighted by Gasteiger charge is -2.13. The van der Waals surface area contributed by atoms with E-state index in [0.717, 1.165) is 5.56 Å². The number of amides is 1. The van der Waals surface area contributed by atoms with Gasteiger partial charge in [-0.1, -0.05) is 12.1 Å². The fourth-order valence-electron chi connectivity index (χ4n) is 2.53. The van der Waals surface area contributed by atoms with E-state index >= 15 is 0 Å². The summed E-state index contributed by atoms with van der Waals surface area (Å²) in [6.07, 6.45) is 0.171. The van der Waals surface area contributed by atoms with Gasteiger partial charge in [0.2, 0.25) is 5.91 Å². The first-order valence-corrected chi connectivity index (χ1v) is 8.40. The molecule has 6 nitrogen and oxygen atoms in total. The van der Waals surface area contributed by atoms with Gasteiger partial charge in [0.1, 0.15) is 11.5 Å². The van der Waals surface area contributed by atoms with E-state index in [0.29, 0.717) is 23.8 Å². The molecule has 1 atom stereocenters. The monoisotopic (exact) mass is 357 g/mol. The zero-order valence-corrected chi connectivity index (χ0v) is 14.9. The molecular weight excluding hydrogens is 334 g/mol. The molecule has 26 heavy (non-hydrogen) atoms. The lowest BCUT2D eigenvalue weighted by atomic mass is 9.96. The predicted molar refractivity (Wildman–Crippen MR) is 98.7 cm³/mol. The first-order valence-electron chi connectivity index (χ1n) is 8.40. The van der Waals surface area contributed by atoms with Crippen LogP contribution in [0.4, 0.5) is 5.69 Å². The van der Waals surface area contributed by atoms with Gasteiger partial charge in [0.25, 0.3) is 0 Å². The Hall–Kier alpha value is -3.02. The van der Waals surface area contributed by atoms with Crippen LogP contribution in [0.1, 0.15) is 18.9 Å². The molecular formula is C20H23NO5. The van der Waals surface area contributed by atoms with Crippen molar-refractivity contribution in [3.05, 3.63) is 54.1 Å². The van der Waals surface area contributed by atoms with Crippen molar-refractivity contribution in [1.29, 1.82) is 0 Å². The van der Waals surface area contributed by atoms with Crippen molar-refractivity contribution in [2.75, 3.05) is 19.0 Å². The highest BCUT2D eigenvalue weighted by Crippen LogP contribution is 2.19. The number of carbonyl (C=O) groups is 2. The van der Waals surface area contributed by atoms with Crippen LogP contribution in [0.3, 0.4) is 0 Å². The molecule has 0 aliphatic heterocycles. The predicted octanol–water partition coefficient (Wildman–Crippen LogP) is 3.37. The van der Waals surface area contributed by atoms with E-state index in [1.54, 1.807) is 55.6 Å². The molecule has 6 heteroatoms. The van der Waals surface area contributed by atoms with Gasteiger partial charge in [-0.05, 0) is 55.3 Å². The smallest absolute Gasteiger partial charge is 0.307 e. The Kier molecular flexibility index (Phi) is 7.02. The van der Waals surface area contributed by atoms with E-state index in [9.17, 15) is 14.7 Å². The molecule has 0 bridgehead atoms. The van der Waals surface area contributed by atoms with E-state index in [2.05, 4.69) is 5.32 Å². The number of nitrogens with one attached hydrogen (secondary N) is 1. The maximum Gasteiger partial charge on any atom is 0.307 e. The number of aliphatic carboxylic acids is 1. The van der Waals surface area contributed by atoms with Gasteiger partial charge in [-0.25, -0.2) is 0 Å². The summed E-state index contributed by atoms with van der Waals surface area (Å²) in [5.74, 6) is -0.717. The summed E-state index contributed by atoms with van der Waals surface area (Å²) < 4.78 is 10.4. The minimum Gasteiger partial charge on any atom is -0.497 e. The number of rotatable bonds is 9. The van der Waals surface area contributed by atoms with Gasteiger partial charge >= 0.3 is 5.97 Å². The molecule has 2 rings (SSSR count). The maximum atomic E-state index is 12.2. The molecule has 2 aromatic rings. The van der Waals surface area contributed by atoms with Gasteiger partial charge in [0.15, 0.2) is 0 Å². The minimum absolute atomic E-state index is 0.103. The highest BCUT2D eigenvalue weighted by molar-refractivity contribution is 5.93. The topological polar surface area (TPSA) is 84.9 Å². The Labute approximate surface area is 152 Å². The number of carbonyl (C=O) groups excluding carboxylic acids is 1. The molecule has 0 spiro atoms. The Morgan fingerprint density at radius 1 is 1.04 bits per heavy atom. The van der Waals surface area contributed by atoms with Gasteiger partial charge in [0, 0.05) is 12.1 Å². The number of benzene rings is 2. The zero-order chi connectivity index (χ0) is 18.9. The molecule has 2 aromatic carbocycles. The summed E-state index contributed by atoms with van der Waals surface area (Å²) in [6, 6.07) is 14.1. The standard InChI is InChI=1S/C20H23NO5/c1-3-26-18-10-6-16(7-11-18)21-19(22)13-15(20(23)24)12-14-4-8-17(25-2)9-5-14/h4-11,15H,3,12-13H2,1-2H3,(H,21,22)(H,23,24)/t15-/m0/s1. The minimum atomic E-state index is -0.998. The van der Waals surface area contributed by atoms with E-state index in [4.69, 9.17) is 9.47 Å². The van der Waals surface area contributed by atoms with Crippen LogP contribution in [-0.2, 0) is 16.0 Å². The van der Waals surface area contributed by atoms with Crippen LogP contribution in [-0.4, -0.2) is 30.7 Å². The van der Waals surface area contributed by atoms with Crippen LogP contribution >= 0.6 is 0 Å². The number of carboxylic acids is 1. The van der Waals surface area contributed by atoms with E-state index in [1.165, 1.54) is 0 Å². The van der Waals surface area contributed by atoms with Crippen molar-refractivity contribution >= 4 is 17.6 Å². The molecule has 0 aromatic heterocycles. The van der Waals surface area contributed by atoms with Gasteiger partial charge < -0.3 is 19.9 Å². The average molecular weight is 357 g/mol. The molecule has 138 valence electrons.